The Bertz CT molecular complexity index is 809. The second kappa shape index (κ2) is 9.82. The minimum Gasteiger partial charge on any atom is -0.334 e. The summed E-state index contributed by atoms with van der Waals surface area (Å²) >= 11 is 0. The number of imidazole rings is 1. The average molecular weight is 393 g/mol. The van der Waals surface area contributed by atoms with Crippen LogP contribution in [0, 0.1) is 5.92 Å². The van der Waals surface area contributed by atoms with Crippen LogP contribution in [0.3, 0.4) is 0 Å². The normalized spacial score (nSPS) is 11.9. The van der Waals surface area contributed by atoms with Crippen molar-refractivity contribution >= 4 is 17.6 Å². The van der Waals surface area contributed by atoms with Crippen LogP contribution >= 0.6 is 0 Å². The van der Waals surface area contributed by atoms with E-state index in [1.807, 2.05) is 19.9 Å². The van der Waals surface area contributed by atoms with Crippen molar-refractivity contribution in [3.8, 4) is 0 Å². The molecule has 0 aliphatic rings. The molecule has 0 fully saturated rings. The lowest BCUT2D eigenvalue weighted by atomic mass is 10.1. The Morgan fingerprint density at radius 2 is 2.07 bits per heavy atom. The van der Waals surface area contributed by atoms with Gasteiger partial charge in [-0.3, -0.25) is 9.36 Å². The monoisotopic (exact) mass is 393 g/mol. The van der Waals surface area contributed by atoms with Gasteiger partial charge in [-0.25, -0.2) is 9.78 Å². The highest BCUT2D eigenvalue weighted by atomic mass is 19.3. The van der Waals surface area contributed by atoms with Crippen LogP contribution in [0.15, 0.2) is 36.7 Å². The molecule has 0 aliphatic carbocycles. The lowest BCUT2D eigenvalue weighted by Crippen LogP contribution is -2.37. The van der Waals surface area contributed by atoms with E-state index in [1.54, 1.807) is 18.2 Å². The van der Waals surface area contributed by atoms with Gasteiger partial charge >= 0.3 is 12.6 Å². The molecule has 0 bridgehead atoms. The number of hydrogen-bond acceptors (Lipinski definition) is 3. The van der Waals surface area contributed by atoms with E-state index in [-0.39, 0.29) is 30.7 Å². The largest absolute Gasteiger partial charge is 0.334 e. The number of amides is 3. The number of hydrogen-bond donors (Lipinski definition) is 2. The highest BCUT2D eigenvalue weighted by Crippen LogP contribution is 2.15. The van der Waals surface area contributed by atoms with E-state index in [9.17, 15) is 18.4 Å². The van der Waals surface area contributed by atoms with Gasteiger partial charge in [-0.15, -0.1) is 0 Å². The number of nitrogens with zero attached hydrogens (tertiary/aromatic N) is 3. The van der Waals surface area contributed by atoms with Gasteiger partial charge in [0.1, 0.15) is 5.82 Å². The topological polar surface area (TPSA) is 79.3 Å². The average Bonchev–Trinajstić information content (AvgIpc) is 3.14. The standard InChI is InChI=1S/C19H25F2N5O2/c1-4-13(2)17(27)24-15-7-5-6-14(10-15)11-23-19(28)25(3)12-16-22-8-9-26(16)18(20)21/h5-10,13,18H,4,11-12H2,1-3H3,(H,23,28)(H,24,27). The number of urea groups is 1. The Morgan fingerprint density at radius 1 is 1.32 bits per heavy atom. The molecule has 2 N–H and O–H groups in total. The van der Waals surface area contributed by atoms with Crippen LogP contribution in [-0.4, -0.2) is 33.4 Å². The molecule has 0 saturated carbocycles. The fourth-order valence-electron chi connectivity index (χ4n) is 2.45. The molecule has 1 aromatic heterocycles. The van der Waals surface area contributed by atoms with Crippen molar-refractivity contribution in [3.63, 3.8) is 0 Å². The van der Waals surface area contributed by atoms with Crippen LogP contribution in [0.1, 0.15) is 38.2 Å². The molecule has 2 rings (SSSR count). The number of carbonyl (C=O) groups excluding carboxylic acids is 2. The summed E-state index contributed by atoms with van der Waals surface area (Å²) in [5.74, 6) is -0.0434. The quantitative estimate of drug-likeness (QED) is 0.719. The predicted octanol–water partition coefficient (Wildman–Crippen LogP) is 3.60. The fourth-order valence-corrected chi connectivity index (χ4v) is 2.45. The number of alkyl halides is 2. The van der Waals surface area contributed by atoms with Gasteiger partial charge in [0.2, 0.25) is 5.91 Å². The molecule has 1 aromatic carbocycles. The molecular formula is C19H25F2N5O2. The molecule has 9 heteroatoms. The summed E-state index contributed by atoms with van der Waals surface area (Å²) in [5.41, 5.74) is 1.46. The maximum Gasteiger partial charge on any atom is 0.319 e. The van der Waals surface area contributed by atoms with Crippen molar-refractivity contribution in [2.75, 3.05) is 12.4 Å². The van der Waals surface area contributed by atoms with E-state index in [4.69, 9.17) is 0 Å². The summed E-state index contributed by atoms with van der Waals surface area (Å²) < 4.78 is 26.4. The molecule has 1 unspecified atom stereocenters. The maximum absolute atomic E-state index is 12.9. The molecule has 28 heavy (non-hydrogen) atoms. The number of aromatic nitrogens is 2. The number of carbonyl (C=O) groups is 2. The molecule has 7 nitrogen and oxygen atoms in total. The van der Waals surface area contributed by atoms with Gasteiger partial charge in [0, 0.05) is 37.6 Å². The highest BCUT2D eigenvalue weighted by Gasteiger charge is 2.16. The van der Waals surface area contributed by atoms with E-state index in [0.717, 1.165) is 12.0 Å². The van der Waals surface area contributed by atoms with Crippen LogP contribution < -0.4 is 10.6 Å². The first-order valence-electron chi connectivity index (χ1n) is 9.00. The Balaban J connectivity index is 1.90. The van der Waals surface area contributed by atoms with Gasteiger partial charge < -0.3 is 15.5 Å². The minimum atomic E-state index is -2.71. The molecule has 1 atom stereocenters. The summed E-state index contributed by atoms with van der Waals surface area (Å²) in [7, 11) is 1.50. The lowest BCUT2D eigenvalue weighted by Gasteiger charge is -2.18. The van der Waals surface area contributed by atoms with Crippen LogP contribution in [0.4, 0.5) is 19.3 Å². The molecule has 0 spiro atoms. The number of halogens is 2. The first-order chi connectivity index (χ1) is 13.3. The van der Waals surface area contributed by atoms with Gasteiger partial charge in [-0.05, 0) is 24.1 Å². The Labute approximate surface area is 162 Å². The summed E-state index contributed by atoms with van der Waals surface area (Å²) in [6.07, 6.45) is 3.19. The maximum atomic E-state index is 12.9. The Kier molecular flexibility index (Phi) is 7.48. The second-order valence-electron chi connectivity index (χ2n) is 6.54. The molecule has 0 radical (unpaired) electrons. The molecule has 1 heterocycles. The van der Waals surface area contributed by atoms with Gasteiger partial charge in [0.25, 0.3) is 0 Å². The molecule has 0 saturated heterocycles. The number of rotatable bonds is 8. The van der Waals surface area contributed by atoms with Crippen molar-refractivity contribution in [1.29, 1.82) is 0 Å². The van der Waals surface area contributed by atoms with Crippen molar-refractivity contribution in [1.82, 2.24) is 19.8 Å². The van der Waals surface area contributed by atoms with Crippen molar-refractivity contribution in [2.45, 2.75) is 39.9 Å². The molecule has 2 aromatic rings. The van der Waals surface area contributed by atoms with E-state index >= 15 is 0 Å². The van der Waals surface area contributed by atoms with Crippen LogP contribution in [0.2, 0.25) is 0 Å². The summed E-state index contributed by atoms with van der Waals surface area (Å²) in [6, 6.07) is 6.75. The third-order valence-electron chi connectivity index (χ3n) is 4.38. The molecule has 3 amide bonds. The predicted molar refractivity (Wildman–Crippen MR) is 102 cm³/mol. The van der Waals surface area contributed by atoms with E-state index in [2.05, 4.69) is 15.6 Å². The van der Waals surface area contributed by atoms with Gasteiger partial charge in [-0.1, -0.05) is 26.0 Å². The van der Waals surface area contributed by atoms with Crippen LogP contribution in [0.5, 0.6) is 0 Å². The van der Waals surface area contributed by atoms with E-state index in [1.165, 1.54) is 24.3 Å². The minimum absolute atomic E-state index is 0.0474. The molecular weight excluding hydrogens is 368 g/mol. The first-order valence-corrected chi connectivity index (χ1v) is 9.00. The number of nitrogens with one attached hydrogen (secondary N) is 2. The van der Waals surface area contributed by atoms with Crippen molar-refractivity contribution < 1.29 is 18.4 Å². The van der Waals surface area contributed by atoms with Gasteiger partial charge in [-0.2, -0.15) is 8.78 Å². The fraction of sp³-hybridized carbons (Fsp3) is 0.421. The highest BCUT2D eigenvalue weighted by molar-refractivity contribution is 5.92. The number of benzene rings is 1. The third kappa shape index (κ3) is 5.77. The molecule has 0 aliphatic heterocycles. The Morgan fingerprint density at radius 3 is 2.75 bits per heavy atom. The zero-order valence-corrected chi connectivity index (χ0v) is 16.2. The zero-order chi connectivity index (χ0) is 20.7. The smallest absolute Gasteiger partial charge is 0.319 e. The summed E-state index contributed by atoms with van der Waals surface area (Å²) in [4.78, 5) is 29.4. The Hall–Kier alpha value is -2.97. The lowest BCUT2D eigenvalue weighted by molar-refractivity contribution is -0.119. The number of anilines is 1. The SMILES string of the molecule is CCC(C)C(=O)Nc1cccc(CNC(=O)N(C)Cc2nccn2C(F)F)c1. The van der Waals surface area contributed by atoms with Gasteiger partial charge in [0.15, 0.2) is 0 Å². The van der Waals surface area contributed by atoms with Gasteiger partial charge in [0.05, 0.1) is 6.54 Å². The van der Waals surface area contributed by atoms with Crippen LogP contribution in [-0.2, 0) is 17.9 Å². The zero-order valence-electron chi connectivity index (χ0n) is 16.2. The van der Waals surface area contributed by atoms with E-state index < -0.39 is 12.6 Å². The van der Waals surface area contributed by atoms with E-state index in [0.29, 0.717) is 10.3 Å². The van der Waals surface area contributed by atoms with Crippen LogP contribution in [0.25, 0.3) is 0 Å². The molecule has 152 valence electrons. The first kappa shape index (κ1) is 21.3. The van der Waals surface area contributed by atoms with Crippen molar-refractivity contribution in [2.24, 2.45) is 5.92 Å². The third-order valence-corrected chi connectivity index (χ3v) is 4.38. The summed E-state index contributed by atoms with van der Waals surface area (Å²) in [6.45, 7) is 1.28. The van der Waals surface area contributed by atoms with Crippen molar-refractivity contribution in [3.05, 3.63) is 48.0 Å². The second-order valence-corrected chi connectivity index (χ2v) is 6.54. The summed E-state index contributed by atoms with van der Waals surface area (Å²) in [5, 5.41) is 5.57.